The summed E-state index contributed by atoms with van der Waals surface area (Å²) in [7, 11) is 0. The monoisotopic (exact) mass is 182 g/mol. The number of anilines is 1. The second kappa shape index (κ2) is 3.75. The van der Waals surface area contributed by atoms with E-state index in [1.807, 2.05) is 0 Å². The lowest BCUT2D eigenvalue weighted by Crippen LogP contribution is -1.98. The van der Waals surface area contributed by atoms with E-state index in [2.05, 4.69) is 0 Å². The molecule has 0 aliphatic carbocycles. The van der Waals surface area contributed by atoms with Crippen LogP contribution < -0.4 is 10.5 Å². The van der Waals surface area contributed by atoms with Crippen LogP contribution in [0.3, 0.4) is 0 Å². The summed E-state index contributed by atoms with van der Waals surface area (Å²) < 4.78 is 5.06. The van der Waals surface area contributed by atoms with E-state index in [0.717, 1.165) is 0 Å². The molecule has 1 aromatic carbocycles. The van der Waals surface area contributed by atoms with Gasteiger partial charge in [-0.1, -0.05) is 0 Å². The third-order valence-corrected chi connectivity index (χ3v) is 1.48. The molecule has 0 aliphatic rings. The maximum Gasteiger partial charge on any atom is 0.312 e. The maximum atomic E-state index is 10.5. The van der Waals surface area contributed by atoms with Gasteiger partial charge in [0.05, 0.1) is 11.5 Å². The number of nitrogens with zero attached hydrogens (tertiary/aromatic N) is 1. The van der Waals surface area contributed by atoms with Crippen LogP contribution in [0.4, 0.5) is 11.4 Å². The van der Waals surface area contributed by atoms with Crippen molar-refractivity contribution in [3.8, 4) is 5.75 Å². The van der Waals surface area contributed by atoms with Gasteiger partial charge in [0.1, 0.15) is 0 Å². The Bertz CT molecular complexity index is 325. The highest BCUT2D eigenvalue weighted by atomic mass is 16.6. The van der Waals surface area contributed by atoms with Crippen molar-refractivity contribution in [1.29, 1.82) is 0 Å². The average molecular weight is 182 g/mol. The first kappa shape index (κ1) is 9.31. The lowest BCUT2D eigenvalue weighted by Gasteiger charge is -2.03. The summed E-state index contributed by atoms with van der Waals surface area (Å²) in [4.78, 5) is 10.0. The molecular formula is C8H10N2O3. The number of nitrogens with two attached hydrogens (primary N) is 1. The molecule has 0 saturated carbocycles. The first-order valence-corrected chi connectivity index (χ1v) is 3.82. The van der Waals surface area contributed by atoms with Crippen LogP contribution in [-0.2, 0) is 0 Å². The van der Waals surface area contributed by atoms with Gasteiger partial charge < -0.3 is 10.5 Å². The van der Waals surface area contributed by atoms with Gasteiger partial charge in [-0.15, -0.1) is 0 Å². The molecule has 0 atom stereocenters. The van der Waals surface area contributed by atoms with E-state index in [1.54, 1.807) is 13.0 Å². The molecule has 0 radical (unpaired) electrons. The highest BCUT2D eigenvalue weighted by molar-refractivity contribution is 5.56. The number of nitro groups is 1. The van der Waals surface area contributed by atoms with Crippen molar-refractivity contribution in [1.82, 2.24) is 0 Å². The standard InChI is InChI=1S/C8H10N2O3/c1-2-13-8-4-3-6(9)5-7(8)10(11)12/h3-5H,2,9H2,1H3. The van der Waals surface area contributed by atoms with Gasteiger partial charge in [-0.2, -0.15) is 0 Å². The topological polar surface area (TPSA) is 78.4 Å². The van der Waals surface area contributed by atoms with Gasteiger partial charge in [-0.3, -0.25) is 10.1 Å². The summed E-state index contributed by atoms with van der Waals surface area (Å²) >= 11 is 0. The highest BCUT2D eigenvalue weighted by Crippen LogP contribution is 2.28. The van der Waals surface area contributed by atoms with Crippen LogP contribution in [0.25, 0.3) is 0 Å². The van der Waals surface area contributed by atoms with Crippen molar-refractivity contribution < 1.29 is 9.66 Å². The fourth-order valence-corrected chi connectivity index (χ4v) is 0.955. The predicted octanol–water partition coefficient (Wildman–Crippen LogP) is 1.58. The molecule has 0 bridgehead atoms. The highest BCUT2D eigenvalue weighted by Gasteiger charge is 2.14. The molecule has 0 aliphatic heterocycles. The minimum atomic E-state index is -0.513. The fourth-order valence-electron chi connectivity index (χ4n) is 0.955. The molecule has 5 nitrogen and oxygen atoms in total. The molecule has 0 heterocycles. The second-order valence-corrected chi connectivity index (χ2v) is 2.42. The largest absolute Gasteiger partial charge is 0.487 e. The minimum absolute atomic E-state index is 0.0955. The Balaban J connectivity index is 3.10. The zero-order chi connectivity index (χ0) is 9.84. The van der Waals surface area contributed by atoms with Crippen LogP contribution in [0.5, 0.6) is 5.75 Å². The van der Waals surface area contributed by atoms with Crippen LogP contribution in [0.1, 0.15) is 6.92 Å². The Labute approximate surface area is 75.3 Å². The van der Waals surface area contributed by atoms with E-state index in [9.17, 15) is 10.1 Å². The first-order chi connectivity index (χ1) is 6.15. The zero-order valence-electron chi connectivity index (χ0n) is 7.19. The van der Waals surface area contributed by atoms with Crippen molar-refractivity contribution in [2.45, 2.75) is 6.92 Å². The fraction of sp³-hybridized carbons (Fsp3) is 0.250. The predicted molar refractivity (Wildman–Crippen MR) is 48.7 cm³/mol. The van der Waals surface area contributed by atoms with Gasteiger partial charge in [0.25, 0.3) is 0 Å². The third kappa shape index (κ3) is 2.08. The Morgan fingerprint density at radius 3 is 2.85 bits per heavy atom. The van der Waals surface area contributed by atoms with Crippen LogP contribution >= 0.6 is 0 Å². The molecule has 0 fully saturated rings. The molecule has 1 rings (SSSR count). The molecule has 1 aromatic rings. The molecule has 0 spiro atoms. The lowest BCUT2D eigenvalue weighted by atomic mass is 10.2. The smallest absolute Gasteiger partial charge is 0.312 e. The van der Waals surface area contributed by atoms with Crippen LogP contribution in [0.15, 0.2) is 18.2 Å². The quantitative estimate of drug-likeness (QED) is 0.437. The summed E-state index contributed by atoms with van der Waals surface area (Å²) in [5.74, 6) is 0.252. The molecule has 0 aromatic heterocycles. The van der Waals surface area contributed by atoms with Crippen molar-refractivity contribution in [2.75, 3.05) is 12.3 Å². The zero-order valence-corrected chi connectivity index (χ0v) is 7.19. The van der Waals surface area contributed by atoms with Gasteiger partial charge in [0.15, 0.2) is 5.75 Å². The van der Waals surface area contributed by atoms with Gasteiger partial charge in [0.2, 0.25) is 0 Å². The average Bonchev–Trinajstić information content (AvgIpc) is 2.08. The van der Waals surface area contributed by atoms with Gasteiger partial charge >= 0.3 is 5.69 Å². The molecule has 0 amide bonds. The number of hydrogen-bond acceptors (Lipinski definition) is 4. The van der Waals surface area contributed by atoms with E-state index >= 15 is 0 Å². The second-order valence-electron chi connectivity index (χ2n) is 2.42. The number of nitrogen functional groups attached to an aromatic ring is 1. The normalized spacial score (nSPS) is 9.62. The summed E-state index contributed by atoms with van der Waals surface area (Å²) in [6.07, 6.45) is 0. The lowest BCUT2D eigenvalue weighted by molar-refractivity contribution is -0.385. The first-order valence-electron chi connectivity index (χ1n) is 3.82. The van der Waals surface area contributed by atoms with Crippen LogP contribution in [0, 0.1) is 10.1 Å². The van der Waals surface area contributed by atoms with Gasteiger partial charge in [-0.25, -0.2) is 0 Å². The third-order valence-electron chi connectivity index (χ3n) is 1.48. The van der Waals surface area contributed by atoms with Gasteiger partial charge in [0, 0.05) is 11.8 Å². The van der Waals surface area contributed by atoms with E-state index in [4.69, 9.17) is 10.5 Å². The van der Waals surface area contributed by atoms with Crippen LogP contribution in [-0.4, -0.2) is 11.5 Å². The Morgan fingerprint density at radius 2 is 2.31 bits per heavy atom. The molecular weight excluding hydrogens is 172 g/mol. The van der Waals surface area contributed by atoms with Gasteiger partial charge in [-0.05, 0) is 19.1 Å². The van der Waals surface area contributed by atoms with E-state index < -0.39 is 4.92 Å². The van der Waals surface area contributed by atoms with Crippen molar-refractivity contribution >= 4 is 11.4 Å². The van der Waals surface area contributed by atoms with Crippen molar-refractivity contribution in [2.24, 2.45) is 0 Å². The summed E-state index contributed by atoms with van der Waals surface area (Å²) in [5, 5.41) is 10.5. The minimum Gasteiger partial charge on any atom is -0.487 e. The van der Waals surface area contributed by atoms with Crippen molar-refractivity contribution in [3.63, 3.8) is 0 Å². The molecule has 70 valence electrons. The number of ether oxygens (including phenoxy) is 1. The molecule has 13 heavy (non-hydrogen) atoms. The summed E-state index contributed by atoms with van der Waals surface area (Å²) in [6.45, 7) is 2.16. The Kier molecular flexibility index (Phi) is 2.69. The molecule has 0 unspecified atom stereocenters. The van der Waals surface area contributed by atoms with E-state index in [0.29, 0.717) is 12.3 Å². The number of hydrogen-bond donors (Lipinski definition) is 1. The number of benzene rings is 1. The van der Waals surface area contributed by atoms with Crippen molar-refractivity contribution in [3.05, 3.63) is 28.3 Å². The van der Waals surface area contributed by atoms with E-state index in [-0.39, 0.29) is 11.4 Å². The maximum absolute atomic E-state index is 10.5. The Hall–Kier alpha value is -1.78. The van der Waals surface area contributed by atoms with E-state index in [1.165, 1.54) is 12.1 Å². The summed E-state index contributed by atoms with van der Waals surface area (Å²) in [5.41, 5.74) is 5.66. The SMILES string of the molecule is CCOc1ccc(N)cc1[N+](=O)[O-]. The number of rotatable bonds is 3. The Morgan fingerprint density at radius 1 is 1.62 bits per heavy atom. The van der Waals surface area contributed by atoms with Crippen LogP contribution in [0.2, 0.25) is 0 Å². The molecule has 0 saturated heterocycles. The summed E-state index contributed by atoms with van der Waals surface area (Å²) in [6, 6.07) is 4.35. The molecule has 5 heteroatoms. The number of nitro benzene ring substituents is 1. The molecule has 2 N–H and O–H groups in total.